The van der Waals surface area contributed by atoms with E-state index in [1.54, 1.807) is 40.8 Å². The third-order valence-electron chi connectivity index (χ3n) is 7.80. The van der Waals surface area contributed by atoms with Gasteiger partial charge in [0.05, 0.1) is 61.9 Å². The maximum absolute atomic E-state index is 12.7. The molecule has 0 aliphatic heterocycles. The smallest absolute Gasteiger partial charge is 0.322 e. The summed E-state index contributed by atoms with van der Waals surface area (Å²) < 4.78 is 46.5. The normalized spacial score (nSPS) is 12.1. The molecule has 2 atom stereocenters. The summed E-state index contributed by atoms with van der Waals surface area (Å²) in [6.07, 6.45) is 3.48. The molecule has 0 aliphatic carbocycles. The van der Waals surface area contributed by atoms with Crippen molar-refractivity contribution in [2.24, 2.45) is 0 Å². The van der Waals surface area contributed by atoms with Crippen molar-refractivity contribution in [3.8, 4) is 23.0 Å². The van der Waals surface area contributed by atoms with Gasteiger partial charge in [0.25, 0.3) is 0 Å². The lowest BCUT2D eigenvalue weighted by molar-refractivity contribution is 0.407. The Kier molecular flexibility index (Phi) is 13.0. The first-order valence-corrected chi connectivity index (χ1v) is 17.5. The molecule has 4 heterocycles. The predicted octanol–water partition coefficient (Wildman–Crippen LogP) is 5.42. The van der Waals surface area contributed by atoms with Gasteiger partial charge in [-0.2, -0.15) is 9.97 Å². The van der Waals surface area contributed by atoms with E-state index in [4.69, 9.17) is 18.9 Å². The van der Waals surface area contributed by atoms with Crippen molar-refractivity contribution in [3.05, 3.63) is 82.4 Å². The third kappa shape index (κ3) is 8.53. The van der Waals surface area contributed by atoms with Gasteiger partial charge < -0.3 is 28.1 Å². The molecule has 6 rings (SSSR count). The lowest BCUT2D eigenvalue weighted by Crippen LogP contribution is -2.10. The Labute approximate surface area is 307 Å². The van der Waals surface area contributed by atoms with Crippen LogP contribution in [-0.2, 0) is 33.9 Å². The van der Waals surface area contributed by atoms with Gasteiger partial charge in [0.15, 0.2) is 11.5 Å². The molecule has 0 amide bonds. The Morgan fingerprint density at radius 2 is 1.00 bits per heavy atom. The molecule has 2 radical (unpaired) electrons. The highest BCUT2D eigenvalue weighted by Crippen LogP contribution is 2.29. The number of imidazole rings is 2. The van der Waals surface area contributed by atoms with Gasteiger partial charge in [-0.1, -0.05) is 0 Å². The van der Waals surface area contributed by atoms with E-state index >= 15 is 0 Å². The fourth-order valence-electron chi connectivity index (χ4n) is 5.21. The summed E-state index contributed by atoms with van der Waals surface area (Å²) in [5.74, 6) is 3.55. The molecule has 0 saturated carbocycles. The molecule has 49 heavy (non-hydrogen) atoms. The summed E-state index contributed by atoms with van der Waals surface area (Å²) in [5, 5.41) is 0.859. The second-order valence-corrected chi connectivity index (χ2v) is 13.7. The molecule has 0 saturated heterocycles. The number of aromatic nitrogens is 6. The average Bonchev–Trinajstić information content (AvgIpc) is 3.72. The molecule has 0 unspecified atom stereocenters. The number of ether oxygens (including phenoxy) is 4. The minimum absolute atomic E-state index is 0. The number of hydrogen-bond donors (Lipinski definition) is 2. The molecule has 254 valence electrons. The van der Waals surface area contributed by atoms with Crippen molar-refractivity contribution < 1.29 is 28.1 Å². The van der Waals surface area contributed by atoms with Crippen LogP contribution in [0, 0.1) is 27.7 Å². The number of aryl methyl sites for hydroxylation is 2. The van der Waals surface area contributed by atoms with Crippen LogP contribution in [-0.4, -0.2) is 90.5 Å². The molecular weight excluding hydrogens is 677 g/mol. The zero-order valence-electron chi connectivity index (χ0n) is 28.8. The van der Waals surface area contributed by atoms with Crippen LogP contribution < -0.4 is 18.9 Å². The van der Waals surface area contributed by atoms with Gasteiger partial charge in [0.2, 0.25) is 0 Å². The van der Waals surface area contributed by atoms with E-state index in [1.165, 1.54) is 0 Å². The van der Waals surface area contributed by atoms with Gasteiger partial charge in [-0.15, -0.1) is 0 Å². The lowest BCUT2D eigenvalue weighted by Gasteiger charge is -2.13. The second-order valence-electron chi connectivity index (χ2n) is 10.9. The van der Waals surface area contributed by atoms with E-state index < -0.39 is 22.4 Å². The molecule has 15 heteroatoms. The van der Waals surface area contributed by atoms with Crippen molar-refractivity contribution >= 4 is 67.5 Å². The number of benzene rings is 2. The summed E-state index contributed by atoms with van der Waals surface area (Å²) in [4.78, 5) is 23.8. The number of fused-ring (bicyclic) bond motifs is 2. The van der Waals surface area contributed by atoms with Crippen LogP contribution in [0.25, 0.3) is 22.1 Å². The Morgan fingerprint density at radius 3 is 1.35 bits per heavy atom. The number of hydrogen-bond acceptors (Lipinski definition) is 10. The van der Waals surface area contributed by atoms with E-state index in [-0.39, 0.29) is 34.6 Å². The van der Waals surface area contributed by atoms with Crippen molar-refractivity contribution in [1.82, 2.24) is 29.9 Å². The van der Waals surface area contributed by atoms with Crippen LogP contribution in [0.4, 0.5) is 0 Å². The van der Waals surface area contributed by atoms with Gasteiger partial charge >= 0.3 is 10.3 Å². The van der Waals surface area contributed by atoms with E-state index in [9.17, 15) is 9.11 Å². The Hall–Kier alpha value is -3.73. The molecule has 6 aromatic rings. The van der Waals surface area contributed by atoms with Gasteiger partial charge in [-0.3, -0.25) is 19.9 Å². The lowest BCUT2D eigenvalue weighted by atomic mass is 10.1. The Morgan fingerprint density at radius 1 is 0.612 bits per heavy atom. The molecule has 0 bridgehead atoms. The Bertz CT molecular complexity index is 1910. The summed E-state index contributed by atoms with van der Waals surface area (Å²) in [6, 6.07) is 11.0. The van der Waals surface area contributed by atoms with Crippen molar-refractivity contribution in [2.45, 2.75) is 49.5 Å². The third-order valence-corrected chi connectivity index (χ3v) is 10.1. The van der Waals surface area contributed by atoms with E-state index in [1.807, 2.05) is 64.1 Å². The molecule has 2 N–H and O–H groups in total. The van der Waals surface area contributed by atoms with Crippen LogP contribution in [0.1, 0.15) is 33.6 Å². The molecule has 4 aromatic heterocycles. The average molecular weight is 715 g/mol. The summed E-state index contributed by atoms with van der Waals surface area (Å²) in [7, 11) is 6.46. The van der Waals surface area contributed by atoms with Gasteiger partial charge in [0.1, 0.15) is 23.0 Å². The SMILES string of the molecule is COc1ccc2[nH]c([S@@+]([O-])Cc3ncc(C)c(OC)c3C)nc2c1.COc1ccc2[nH]c([S@@+]([O-])Cc3ncc(C)c(OC)c3C)nc2c1.[Mg]. The molecule has 0 fully saturated rings. The first-order valence-electron chi connectivity index (χ1n) is 14.9. The minimum Gasteiger partial charge on any atom is -0.609 e. The summed E-state index contributed by atoms with van der Waals surface area (Å²) in [6.45, 7) is 7.72. The predicted molar refractivity (Wildman–Crippen MR) is 192 cm³/mol. The number of nitrogens with zero attached hydrogens (tertiary/aromatic N) is 4. The van der Waals surface area contributed by atoms with Gasteiger partial charge in [0, 0.05) is 92.2 Å². The number of methoxy groups -OCH3 is 4. The van der Waals surface area contributed by atoms with Crippen molar-refractivity contribution in [2.75, 3.05) is 28.4 Å². The second kappa shape index (κ2) is 16.8. The maximum atomic E-state index is 12.7. The number of rotatable bonds is 10. The summed E-state index contributed by atoms with van der Waals surface area (Å²) in [5.41, 5.74) is 8.32. The van der Waals surface area contributed by atoms with Crippen LogP contribution in [0.15, 0.2) is 59.1 Å². The first kappa shape index (κ1) is 38.1. The van der Waals surface area contributed by atoms with E-state index in [0.717, 1.165) is 67.2 Å². The van der Waals surface area contributed by atoms with Gasteiger partial charge in [-0.25, -0.2) is 0 Å². The fraction of sp³-hybridized carbons (Fsp3) is 0.294. The molecule has 12 nitrogen and oxygen atoms in total. The van der Waals surface area contributed by atoms with Crippen molar-refractivity contribution in [3.63, 3.8) is 0 Å². The highest BCUT2D eigenvalue weighted by molar-refractivity contribution is 7.90. The minimum atomic E-state index is -1.33. The number of pyridine rings is 2. The largest absolute Gasteiger partial charge is 0.609 e. The fourth-order valence-corrected chi connectivity index (χ4v) is 7.41. The number of H-pyrrole nitrogens is 2. The quantitative estimate of drug-likeness (QED) is 0.138. The highest BCUT2D eigenvalue weighted by Gasteiger charge is 2.23. The topological polar surface area (TPSA) is 166 Å². The standard InChI is InChI=1S/2C17H19N3O3S.Mg/c2*1-10-8-18-15(11(2)16(10)23-4)9-24(21)17-19-13-6-5-12(22-3)7-14(13)20-17;/h2*5-8H,9H2,1-4H3,(H,19,20);/t2*24-;/m00./s1. The number of nitrogens with one attached hydrogen (secondary N) is 2. The highest BCUT2D eigenvalue weighted by atomic mass is 32.2. The zero-order valence-corrected chi connectivity index (χ0v) is 31.8. The molecular formula is C34H38MgN6O6S2. The first-order chi connectivity index (χ1) is 23.1. The van der Waals surface area contributed by atoms with E-state index in [2.05, 4.69) is 29.9 Å². The van der Waals surface area contributed by atoms with E-state index in [0.29, 0.717) is 21.8 Å². The monoisotopic (exact) mass is 714 g/mol. The molecule has 0 spiro atoms. The molecule has 0 aliphatic rings. The number of aromatic amines is 2. The van der Waals surface area contributed by atoms with Crippen molar-refractivity contribution in [1.29, 1.82) is 0 Å². The summed E-state index contributed by atoms with van der Waals surface area (Å²) >= 11 is -2.66. The Balaban J connectivity index is 0.000000216. The van der Waals surface area contributed by atoms with Crippen LogP contribution in [0.2, 0.25) is 0 Å². The van der Waals surface area contributed by atoms with Gasteiger partial charge in [-0.05, 0) is 52.0 Å². The van der Waals surface area contributed by atoms with Crippen LogP contribution >= 0.6 is 0 Å². The molecule has 2 aromatic carbocycles. The van der Waals surface area contributed by atoms with Crippen LogP contribution in [0.3, 0.4) is 0 Å². The zero-order chi connectivity index (χ0) is 34.5. The van der Waals surface area contributed by atoms with Crippen LogP contribution in [0.5, 0.6) is 23.0 Å². The maximum Gasteiger partial charge on any atom is 0.322 e.